The van der Waals surface area contributed by atoms with Crippen LogP contribution in [0.5, 0.6) is 0 Å². The van der Waals surface area contributed by atoms with Crippen LogP contribution in [0.2, 0.25) is 0 Å². The normalized spacial score (nSPS) is 14.8. The van der Waals surface area contributed by atoms with Crippen LogP contribution in [0.25, 0.3) is 0 Å². The van der Waals surface area contributed by atoms with E-state index in [1.54, 1.807) is 0 Å². The Morgan fingerprint density at radius 3 is 2.69 bits per heavy atom. The van der Waals surface area contributed by atoms with E-state index in [1.165, 1.54) is 23.2 Å². The van der Waals surface area contributed by atoms with Gasteiger partial charge in [0.2, 0.25) is 0 Å². The van der Waals surface area contributed by atoms with Crippen molar-refractivity contribution in [3.8, 4) is 0 Å². The van der Waals surface area contributed by atoms with E-state index < -0.39 is 0 Å². The second-order valence-corrected chi connectivity index (χ2v) is 4.32. The number of fused-ring (bicyclic) bond motifs is 1. The van der Waals surface area contributed by atoms with Crippen LogP contribution >= 0.6 is 24.8 Å². The van der Waals surface area contributed by atoms with Crippen LogP contribution in [0.15, 0.2) is 18.2 Å². The van der Waals surface area contributed by atoms with Crippen LogP contribution in [0.3, 0.4) is 0 Å². The second-order valence-electron chi connectivity index (χ2n) is 4.32. The van der Waals surface area contributed by atoms with Crippen molar-refractivity contribution in [3.63, 3.8) is 0 Å². The number of hydrogen-bond donors (Lipinski definition) is 1. The molecule has 0 aromatic heterocycles. The lowest BCUT2D eigenvalue weighted by Gasteiger charge is -2.12. The predicted octanol–water partition coefficient (Wildman–Crippen LogP) is 2.41. The summed E-state index contributed by atoms with van der Waals surface area (Å²) >= 11 is 0. The van der Waals surface area contributed by atoms with Gasteiger partial charge < -0.3 is 10.6 Å². The molecule has 0 saturated carbocycles. The summed E-state index contributed by atoms with van der Waals surface area (Å²) in [5.41, 5.74) is 10.0. The average molecular weight is 263 g/mol. The molecule has 0 fully saturated rings. The Bertz CT molecular complexity index is 340. The Kier molecular flexibility index (Phi) is 6.16. The fourth-order valence-electron chi connectivity index (χ4n) is 2.12. The van der Waals surface area contributed by atoms with Crippen LogP contribution in [0, 0.1) is 0 Å². The zero-order chi connectivity index (χ0) is 10.1. The molecule has 0 saturated heterocycles. The highest BCUT2D eigenvalue weighted by atomic mass is 35.5. The summed E-state index contributed by atoms with van der Waals surface area (Å²) in [6.07, 6.45) is 2.16. The highest BCUT2D eigenvalue weighted by Gasteiger charge is 2.15. The van der Waals surface area contributed by atoms with Gasteiger partial charge in [0.15, 0.2) is 0 Å². The zero-order valence-electron chi connectivity index (χ0n) is 9.77. The zero-order valence-corrected chi connectivity index (χ0v) is 11.4. The highest BCUT2D eigenvalue weighted by Crippen LogP contribution is 2.27. The summed E-state index contributed by atoms with van der Waals surface area (Å²) in [5.74, 6) is 0. The number of anilines is 1. The van der Waals surface area contributed by atoms with Gasteiger partial charge in [-0.05, 0) is 37.0 Å². The van der Waals surface area contributed by atoms with E-state index in [9.17, 15) is 0 Å². The Hall–Kier alpha value is -0.440. The van der Waals surface area contributed by atoms with Crippen molar-refractivity contribution < 1.29 is 0 Å². The van der Waals surface area contributed by atoms with Crippen LogP contribution in [-0.4, -0.2) is 19.6 Å². The van der Waals surface area contributed by atoms with Crippen molar-refractivity contribution in [2.24, 2.45) is 5.73 Å². The van der Waals surface area contributed by atoms with Gasteiger partial charge in [-0.15, -0.1) is 24.8 Å². The van der Waals surface area contributed by atoms with E-state index in [0.29, 0.717) is 0 Å². The molecule has 1 aliphatic heterocycles. The number of hydrogen-bond acceptors (Lipinski definition) is 2. The first-order chi connectivity index (χ1) is 6.66. The minimum absolute atomic E-state index is 0. The third-order valence-corrected chi connectivity index (χ3v) is 2.83. The highest BCUT2D eigenvalue weighted by molar-refractivity contribution is 5.85. The first kappa shape index (κ1) is 15.6. The number of halogens is 2. The fourth-order valence-corrected chi connectivity index (χ4v) is 2.12. The van der Waals surface area contributed by atoms with Crippen LogP contribution in [0.1, 0.15) is 18.1 Å². The number of benzene rings is 1. The van der Waals surface area contributed by atoms with Crippen molar-refractivity contribution in [2.45, 2.75) is 25.8 Å². The lowest BCUT2D eigenvalue weighted by molar-refractivity contribution is 0.737. The minimum Gasteiger partial charge on any atom is -0.374 e. The second kappa shape index (κ2) is 6.33. The maximum Gasteiger partial charge on any atom is 0.0397 e. The van der Waals surface area contributed by atoms with Gasteiger partial charge in [0, 0.05) is 25.3 Å². The Morgan fingerprint density at radius 2 is 2.06 bits per heavy atom. The molecular formula is C12H20Cl2N2. The van der Waals surface area contributed by atoms with Gasteiger partial charge in [-0.1, -0.05) is 12.1 Å². The molecule has 0 radical (unpaired) electrons. The average Bonchev–Trinajstić information content (AvgIpc) is 2.46. The molecule has 2 N–H and O–H groups in total. The van der Waals surface area contributed by atoms with Crippen LogP contribution in [-0.2, 0) is 12.8 Å². The maximum absolute atomic E-state index is 5.79. The van der Waals surface area contributed by atoms with E-state index in [2.05, 4.69) is 37.1 Å². The lowest BCUT2D eigenvalue weighted by atomic mass is 10.0. The van der Waals surface area contributed by atoms with E-state index in [0.717, 1.165) is 13.0 Å². The molecule has 0 unspecified atom stereocenters. The molecule has 2 nitrogen and oxygen atoms in total. The van der Waals surface area contributed by atoms with Crippen molar-refractivity contribution in [1.29, 1.82) is 0 Å². The molecule has 1 aromatic carbocycles. The number of likely N-dealkylation sites (N-methyl/N-ethyl adjacent to an activating group) is 1. The molecule has 1 atom stereocenters. The smallest absolute Gasteiger partial charge is 0.0397 e. The molecule has 2 rings (SSSR count). The molecule has 1 aliphatic rings. The van der Waals surface area contributed by atoms with Gasteiger partial charge in [-0.25, -0.2) is 0 Å². The first-order valence-electron chi connectivity index (χ1n) is 5.25. The lowest BCUT2D eigenvalue weighted by Crippen LogP contribution is -2.17. The summed E-state index contributed by atoms with van der Waals surface area (Å²) in [6.45, 7) is 3.20. The summed E-state index contributed by atoms with van der Waals surface area (Å²) in [4.78, 5) is 2.31. The van der Waals surface area contributed by atoms with Gasteiger partial charge in [0.1, 0.15) is 0 Å². The molecular weight excluding hydrogens is 243 g/mol. The standard InChI is InChI=1S/C12H18N2.2ClH/c1-9(13)7-10-3-4-12-11(8-10)5-6-14(12)2;;/h3-4,8-9H,5-7,13H2,1-2H3;2*1H/t9-;;/m1../s1. The summed E-state index contributed by atoms with van der Waals surface area (Å²) in [5, 5.41) is 0. The van der Waals surface area contributed by atoms with Crippen molar-refractivity contribution in [3.05, 3.63) is 29.3 Å². The van der Waals surface area contributed by atoms with E-state index >= 15 is 0 Å². The first-order valence-corrected chi connectivity index (χ1v) is 5.25. The van der Waals surface area contributed by atoms with Crippen molar-refractivity contribution >= 4 is 30.5 Å². The van der Waals surface area contributed by atoms with Crippen molar-refractivity contribution in [1.82, 2.24) is 0 Å². The third-order valence-electron chi connectivity index (χ3n) is 2.83. The van der Waals surface area contributed by atoms with Crippen LogP contribution in [0.4, 0.5) is 5.69 Å². The van der Waals surface area contributed by atoms with Gasteiger partial charge in [0.05, 0.1) is 0 Å². The quantitative estimate of drug-likeness (QED) is 0.887. The van der Waals surface area contributed by atoms with Crippen LogP contribution < -0.4 is 10.6 Å². The molecule has 0 bridgehead atoms. The fraction of sp³-hybridized carbons (Fsp3) is 0.500. The van der Waals surface area contributed by atoms with Crippen molar-refractivity contribution in [2.75, 3.05) is 18.5 Å². The Morgan fingerprint density at radius 1 is 1.38 bits per heavy atom. The number of nitrogens with zero attached hydrogens (tertiary/aromatic N) is 1. The monoisotopic (exact) mass is 262 g/mol. The van der Waals surface area contributed by atoms with E-state index in [-0.39, 0.29) is 30.9 Å². The van der Waals surface area contributed by atoms with E-state index in [4.69, 9.17) is 5.73 Å². The third kappa shape index (κ3) is 3.27. The number of rotatable bonds is 2. The predicted molar refractivity (Wildman–Crippen MR) is 75.3 cm³/mol. The van der Waals surface area contributed by atoms with Gasteiger partial charge in [0.25, 0.3) is 0 Å². The van der Waals surface area contributed by atoms with Gasteiger partial charge in [-0.3, -0.25) is 0 Å². The summed E-state index contributed by atoms with van der Waals surface area (Å²) < 4.78 is 0. The molecule has 16 heavy (non-hydrogen) atoms. The van der Waals surface area contributed by atoms with Gasteiger partial charge in [-0.2, -0.15) is 0 Å². The molecule has 4 heteroatoms. The largest absolute Gasteiger partial charge is 0.374 e. The molecule has 92 valence electrons. The summed E-state index contributed by atoms with van der Waals surface area (Å²) in [7, 11) is 2.15. The molecule has 0 aliphatic carbocycles. The van der Waals surface area contributed by atoms with E-state index in [1.807, 2.05) is 0 Å². The molecule has 1 heterocycles. The summed E-state index contributed by atoms with van der Waals surface area (Å²) in [6, 6.07) is 6.99. The Balaban J connectivity index is 0.00000112. The topological polar surface area (TPSA) is 29.3 Å². The maximum atomic E-state index is 5.79. The molecule has 1 aromatic rings. The SMILES string of the molecule is C[C@@H](N)Cc1ccc2c(c1)CCN2C.Cl.Cl. The Labute approximate surface area is 110 Å². The number of nitrogens with two attached hydrogens (primary N) is 1. The minimum atomic E-state index is 0. The van der Waals surface area contributed by atoms with Gasteiger partial charge >= 0.3 is 0 Å². The molecule has 0 amide bonds. The molecule has 0 spiro atoms.